The van der Waals surface area contributed by atoms with Crippen LogP contribution in [0.5, 0.6) is 0 Å². The van der Waals surface area contributed by atoms with E-state index in [0.29, 0.717) is 5.82 Å². The van der Waals surface area contributed by atoms with Crippen LogP contribution < -0.4 is 5.73 Å². The summed E-state index contributed by atoms with van der Waals surface area (Å²) in [7, 11) is 1.88. The summed E-state index contributed by atoms with van der Waals surface area (Å²) in [5.41, 5.74) is 6.53. The number of rotatable bonds is 1. The molecule has 0 radical (unpaired) electrons. The largest absolute Gasteiger partial charge is 0.383 e. The molecule has 0 aliphatic rings. The fraction of sp³-hybridized carbons (Fsp3) is 0.250. The summed E-state index contributed by atoms with van der Waals surface area (Å²) in [6.07, 6.45) is 1.89. The molecule has 5 heteroatoms. The van der Waals surface area contributed by atoms with Crippen molar-refractivity contribution in [3.63, 3.8) is 0 Å². The quantitative estimate of drug-likeness (QED) is 0.747. The molecule has 2 rings (SSSR count). The van der Waals surface area contributed by atoms with Gasteiger partial charge in [0.2, 0.25) is 0 Å². The van der Waals surface area contributed by atoms with E-state index in [1.54, 1.807) is 16.0 Å². The van der Waals surface area contributed by atoms with Crippen molar-refractivity contribution < 1.29 is 0 Å². The highest BCUT2D eigenvalue weighted by Crippen LogP contribution is 2.27. The van der Waals surface area contributed by atoms with Crippen LogP contribution in [0.25, 0.3) is 10.7 Å². The van der Waals surface area contributed by atoms with Crippen LogP contribution in [-0.2, 0) is 7.05 Å². The van der Waals surface area contributed by atoms with E-state index in [9.17, 15) is 0 Å². The van der Waals surface area contributed by atoms with Gasteiger partial charge in [-0.05, 0) is 13.0 Å². The fourth-order valence-electron chi connectivity index (χ4n) is 1.05. The predicted octanol–water partition coefficient (Wildman–Crippen LogP) is 1.43. The lowest BCUT2D eigenvalue weighted by Gasteiger charge is -1.86. The topological polar surface area (TPSA) is 56.7 Å². The highest BCUT2D eigenvalue weighted by Gasteiger charge is 2.08. The number of hydrogen-bond acceptors (Lipinski definition) is 4. The average Bonchev–Trinajstić information content (AvgIpc) is 2.61. The number of anilines is 1. The first-order valence-electron chi connectivity index (χ1n) is 3.90. The molecule has 4 nitrogen and oxygen atoms in total. The predicted molar refractivity (Wildman–Crippen MR) is 53.5 cm³/mol. The van der Waals surface area contributed by atoms with Crippen LogP contribution in [0, 0.1) is 6.92 Å². The van der Waals surface area contributed by atoms with Crippen LogP contribution in [0.1, 0.15) is 4.88 Å². The lowest BCUT2D eigenvalue weighted by Crippen LogP contribution is -1.88. The first-order valence-corrected chi connectivity index (χ1v) is 4.71. The van der Waals surface area contributed by atoms with E-state index in [-0.39, 0.29) is 0 Å². The molecule has 2 aromatic heterocycles. The lowest BCUT2D eigenvalue weighted by atomic mass is 10.4. The first-order chi connectivity index (χ1) is 6.16. The number of hydrogen-bond donors (Lipinski definition) is 1. The maximum atomic E-state index is 5.65. The molecule has 0 atom stereocenters. The van der Waals surface area contributed by atoms with Gasteiger partial charge in [-0.1, -0.05) is 0 Å². The van der Waals surface area contributed by atoms with Gasteiger partial charge in [-0.15, -0.1) is 11.3 Å². The first kappa shape index (κ1) is 8.25. The van der Waals surface area contributed by atoms with Gasteiger partial charge in [-0.2, -0.15) is 5.10 Å². The minimum absolute atomic E-state index is 0.602. The van der Waals surface area contributed by atoms with E-state index in [0.717, 1.165) is 15.6 Å². The molecule has 13 heavy (non-hydrogen) atoms. The zero-order valence-electron chi connectivity index (χ0n) is 7.48. The highest BCUT2D eigenvalue weighted by molar-refractivity contribution is 7.15. The van der Waals surface area contributed by atoms with E-state index >= 15 is 0 Å². The second-order valence-corrected chi connectivity index (χ2v) is 4.04. The molecular weight excluding hydrogens is 184 g/mol. The van der Waals surface area contributed by atoms with Crippen LogP contribution in [0.4, 0.5) is 5.82 Å². The van der Waals surface area contributed by atoms with Crippen molar-refractivity contribution in [2.24, 2.45) is 7.05 Å². The van der Waals surface area contributed by atoms with Crippen molar-refractivity contribution in [3.05, 3.63) is 17.1 Å². The van der Waals surface area contributed by atoms with Gasteiger partial charge in [0.15, 0.2) is 0 Å². The molecular formula is C8H10N4S. The molecule has 2 heterocycles. The molecule has 0 saturated carbocycles. The van der Waals surface area contributed by atoms with Crippen molar-refractivity contribution in [1.82, 2.24) is 14.8 Å². The van der Waals surface area contributed by atoms with Crippen molar-refractivity contribution in [2.45, 2.75) is 6.92 Å². The van der Waals surface area contributed by atoms with Crippen LogP contribution in [0.3, 0.4) is 0 Å². The fourth-order valence-corrected chi connectivity index (χ4v) is 1.84. The Kier molecular flexibility index (Phi) is 1.81. The van der Waals surface area contributed by atoms with E-state index in [1.165, 1.54) is 0 Å². The summed E-state index contributed by atoms with van der Waals surface area (Å²) in [6.45, 7) is 1.96. The Bertz CT molecular complexity index is 410. The van der Waals surface area contributed by atoms with Gasteiger partial charge in [0.25, 0.3) is 0 Å². The maximum Gasteiger partial charge on any atom is 0.146 e. The molecule has 0 amide bonds. The van der Waals surface area contributed by atoms with Crippen molar-refractivity contribution >= 4 is 17.2 Å². The van der Waals surface area contributed by atoms with Crippen LogP contribution in [-0.4, -0.2) is 14.8 Å². The second kappa shape index (κ2) is 2.85. The van der Waals surface area contributed by atoms with Crippen molar-refractivity contribution in [1.29, 1.82) is 0 Å². The maximum absolute atomic E-state index is 5.65. The monoisotopic (exact) mass is 194 g/mol. The van der Waals surface area contributed by atoms with Gasteiger partial charge < -0.3 is 5.73 Å². The molecule has 0 bridgehead atoms. The minimum atomic E-state index is 0.602. The Balaban J connectivity index is 2.46. The number of nitrogen functional groups attached to an aromatic ring is 1. The van der Waals surface area contributed by atoms with E-state index < -0.39 is 0 Å². The Hall–Kier alpha value is -1.36. The van der Waals surface area contributed by atoms with Gasteiger partial charge in [-0.3, -0.25) is 4.68 Å². The van der Waals surface area contributed by atoms with Crippen LogP contribution in [0.2, 0.25) is 0 Å². The van der Waals surface area contributed by atoms with Gasteiger partial charge in [0.1, 0.15) is 16.5 Å². The molecule has 0 saturated heterocycles. The molecule has 2 N–H and O–H groups in total. The summed E-state index contributed by atoms with van der Waals surface area (Å²) >= 11 is 1.57. The standard InChI is InChI=1S/C8H10N4S/c1-5-7(9)10-8(13-5)6-3-4-12(2)11-6/h3-4H,9H2,1-2H3. The summed E-state index contributed by atoms with van der Waals surface area (Å²) in [4.78, 5) is 5.26. The van der Waals surface area contributed by atoms with Gasteiger partial charge in [-0.25, -0.2) is 4.98 Å². The van der Waals surface area contributed by atoms with Crippen molar-refractivity contribution in [3.8, 4) is 10.7 Å². The molecule has 0 aromatic carbocycles. The Morgan fingerprint density at radius 3 is 2.77 bits per heavy atom. The summed E-state index contributed by atoms with van der Waals surface area (Å²) in [5.74, 6) is 0.602. The molecule has 0 aliphatic heterocycles. The highest BCUT2D eigenvalue weighted by atomic mass is 32.1. The normalized spacial score (nSPS) is 10.6. The zero-order valence-corrected chi connectivity index (χ0v) is 8.30. The third-order valence-electron chi connectivity index (χ3n) is 1.77. The second-order valence-electron chi connectivity index (χ2n) is 2.84. The Morgan fingerprint density at radius 1 is 1.54 bits per heavy atom. The molecule has 0 unspecified atom stereocenters. The van der Waals surface area contributed by atoms with Crippen LogP contribution in [0.15, 0.2) is 12.3 Å². The Labute approximate surface area is 80.0 Å². The summed E-state index contributed by atoms with van der Waals surface area (Å²) in [5, 5.41) is 5.13. The zero-order chi connectivity index (χ0) is 9.42. The average molecular weight is 194 g/mol. The van der Waals surface area contributed by atoms with Gasteiger partial charge in [0, 0.05) is 18.1 Å². The lowest BCUT2D eigenvalue weighted by molar-refractivity contribution is 0.770. The molecule has 68 valence electrons. The molecule has 0 aliphatic carbocycles. The van der Waals surface area contributed by atoms with E-state index in [2.05, 4.69) is 10.1 Å². The summed E-state index contributed by atoms with van der Waals surface area (Å²) in [6, 6.07) is 1.93. The third-order valence-corrected chi connectivity index (χ3v) is 2.77. The summed E-state index contributed by atoms with van der Waals surface area (Å²) < 4.78 is 1.75. The van der Waals surface area contributed by atoms with Crippen LogP contribution >= 0.6 is 11.3 Å². The van der Waals surface area contributed by atoms with E-state index in [4.69, 9.17) is 5.73 Å². The number of nitrogens with two attached hydrogens (primary N) is 1. The minimum Gasteiger partial charge on any atom is -0.383 e. The number of aryl methyl sites for hydroxylation is 2. The molecule has 0 spiro atoms. The van der Waals surface area contributed by atoms with Gasteiger partial charge in [0.05, 0.1) is 0 Å². The van der Waals surface area contributed by atoms with E-state index in [1.807, 2.05) is 26.2 Å². The third kappa shape index (κ3) is 1.42. The number of aromatic nitrogens is 3. The van der Waals surface area contributed by atoms with Crippen molar-refractivity contribution in [2.75, 3.05) is 5.73 Å². The van der Waals surface area contributed by atoms with Gasteiger partial charge >= 0.3 is 0 Å². The molecule has 0 fully saturated rings. The molecule has 2 aromatic rings. The number of thiazole rings is 1. The SMILES string of the molecule is Cc1sc(-c2ccn(C)n2)nc1N. The smallest absolute Gasteiger partial charge is 0.146 e. The Morgan fingerprint density at radius 2 is 2.31 bits per heavy atom. The number of nitrogens with zero attached hydrogens (tertiary/aromatic N) is 3.